The van der Waals surface area contributed by atoms with Gasteiger partial charge in [-0.3, -0.25) is 0 Å². The van der Waals surface area contributed by atoms with Crippen molar-refractivity contribution in [1.29, 1.82) is 0 Å². The molecule has 4 nitrogen and oxygen atoms in total. The van der Waals surface area contributed by atoms with Crippen molar-refractivity contribution in [2.24, 2.45) is 7.05 Å². The summed E-state index contributed by atoms with van der Waals surface area (Å²) in [5.74, 6) is 1.83. The van der Waals surface area contributed by atoms with E-state index in [2.05, 4.69) is 16.4 Å². The van der Waals surface area contributed by atoms with E-state index < -0.39 is 0 Å². The predicted molar refractivity (Wildman–Crippen MR) is 66.7 cm³/mol. The number of hydrogen-bond donors (Lipinski definition) is 1. The molecule has 0 aliphatic rings. The van der Waals surface area contributed by atoms with Gasteiger partial charge in [-0.25, -0.2) is 4.98 Å². The maximum Gasteiger partial charge on any atom is 0.146 e. The van der Waals surface area contributed by atoms with Gasteiger partial charge in [0.25, 0.3) is 0 Å². The fourth-order valence-electron chi connectivity index (χ4n) is 1.66. The van der Waals surface area contributed by atoms with Crippen LogP contribution in [0.15, 0.2) is 36.7 Å². The molecule has 0 aliphatic heterocycles. The van der Waals surface area contributed by atoms with E-state index in [9.17, 15) is 0 Å². The number of aryl methyl sites for hydroxylation is 1. The average Bonchev–Trinajstić information content (AvgIpc) is 2.74. The van der Waals surface area contributed by atoms with Gasteiger partial charge < -0.3 is 14.6 Å². The summed E-state index contributed by atoms with van der Waals surface area (Å²) >= 11 is 0. The van der Waals surface area contributed by atoms with Gasteiger partial charge in [-0.15, -0.1) is 0 Å². The summed E-state index contributed by atoms with van der Waals surface area (Å²) in [7, 11) is 3.89. The monoisotopic (exact) mass is 231 g/mol. The Morgan fingerprint density at radius 1 is 1.35 bits per heavy atom. The molecule has 0 atom stereocenters. The Balaban J connectivity index is 2.06. The molecule has 1 aromatic heterocycles. The average molecular weight is 231 g/mol. The number of para-hydroxylation sites is 1. The lowest BCUT2D eigenvalue weighted by molar-refractivity contribution is 0.288. The highest BCUT2D eigenvalue weighted by Gasteiger charge is 2.04. The molecule has 4 heteroatoms. The number of imidazole rings is 1. The van der Waals surface area contributed by atoms with Crippen LogP contribution in [0.4, 0.5) is 0 Å². The van der Waals surface area contributed by atoms with Crippen molar-refractivity contribution in [3.05, 3.63) is 48.0 Å². The fourth-order valence-corrected chi connectivity index (χ4v) is 1.66. The van der Waals surface area contributed by atoms with Crippen molar-refractivity contribution in [2.75, 3.05) is 7.05 Å². The number of nitrogens with one attached hydrogen (secondary N) is 1. The molecule has 1 N–H and O–H groups in total. The Labute approximate surface area is 101 Å². The largest absolute Gasteiger partial charge is 0.485 e. The van der Waals surface area contributed by atoms with Crippen LogP contribution in [0.1, 0.15) is 11.4 Å². The van der Waals surface area contributed by atoms with Gasteiger partial charge in [-0.05, 0) is 13.1 Å². The lowest BCUT2D eigenvalue weighted by atomic mass is 10.2. The number of ether oxygens (including phenoxy) is 1. The van der Waals surface area contributed by atoms with Crippen molar-refractivity contribution < 1.29 is 4.74 Å². The SMILES string of the molecule is CNCc1ccccc1OCc1nccn1C. The van der Waals surface area contributed by atoms with Crippen LogP contribution in [0.2, 0.25) is 0 Å². The van der Waals surface area contributed by atoms with Crippen LogP contribution in [0.25, 0.3) is 0 Å². The van der Waals surface area contributed by atoms with Crippen LogP contribution < -0.4 is 10.1 Å². The Morgan fingerprint density at radius 3 is 2.88 bits per heavy atom. The first-order chi connectivity index (χ1) is 8.31. The number of benzene rings is 1. The van der Waals surface area contributed by atoms with Gasteiger partial charge in [0, 0.05) is 31.5 Å². The molecule has 0 saturated heterocycles. The summed E-state index contributed by atoms with van der Waals surface area (Å²) in [5.41, 5.74) is 1.16. The molecule has 2 aromatic rings. The predicted octanol–water partition coefficient (Wildman–Crippen LogP) is 1.72. The molecule has 17 heavy (non-hydrogen) atoms. The van der Waals surface area contributed by atoms with Gasteiger partial charge in [0.2, 0.25) is 0 Å². The zero-order valence-electron chi connectivity index (χ0n) is 10.2. The number of aromatic nitrogens is 2. The zero-order chi connectivity index (χ0) is 12.1. The number of nitrogens with zero attached hydrogens (tertiary/aromatic N) is 2. The third-order valence-electron chi connectivity index (χ3n) is 2.62. The van der Waals surface area contributed by atoms with Gasteiger partial charge >= 0.3 is 0 Å². The second-order valence-electron chi connectivity index (χ2n) is 3.88. The van der Waals surface area contributed by atoms with Gasteiger partial charge in [0.1, 0.15) is 18.2 Å². The molecule has 1 heterocycles. The minimum absolute atomic E-state index is 0.490. The summed E-state index contributed by atoms with van der Waals surface area (Å²) in [6.07, 6.45) is 3.69. The highest BCUT2D eigenvalue weighted by atomic mass is 16.5. The maximum absolute atomic E-state index is 5.79. The van der Waals surface area contributed by atoms with E-state index >= 15 is 0 Å². The lowest BCUT2D eigenvalue weighted by Gasteiger charge is -2.10. The quantitative estimate of drug-likeness (QED) is 0.851. The Morgan fingerprint density at radius 2 is 2.18 bits per heavy atom. The maximum atomic E-state index is 5.79. The van der Waals surface area contributed by atoms with Gasteiger partial charge in [-0.1, -0.05) is 18.2 Å². The minimum Gasteiger partial charge on any atom is -0.485 e. The first kappa shape index (κ1) is 11.7. The first-order valence-corrected chi connectivity index (χ1v) is 5.62. The zero-order valence-corrected chi connectivity index (χ0v) is 10.2. The van der Waals surface area contributed by atoms with Gasteiger partial charge in [0.05, 0.1) is 0 Å². The van der Waals surface area contributed by atoms with Crippen molar-refractivity contribution in [3.8, 4) is 5.75 Å². The fraction of sp³-hybridized carbons (Fsp3) is 0.308. The summed E-state index contributed by atoms with van der Waals surface area (Å²) in [6, 6.07) is 8.03. The molecular weight excluding hydrogens is 214 g/mol. The van der Waals surface area contributed by atoms with Crippen LogP contribution in [-0.4, -0.2) is 16.6 Å². The smallest absolute Gasteiger partial charge is 0.146 e. The molecule has 1 aromatic carbocycles. The Hall–Kier alpha value is -1.81. The van der Waals surface area contributed by atoms with Crippen molar-refractivity contribution in [3.63, 3.8) is 0 Å². The third kappa shape index (κ3) is 2.85. The lowest BCUT2D eigenvalue weighted by Crippen LogP contribution is -2.08. The van der Waals surface area contributed by atoms with E-state index in [4.69, 9.17) is 4.74 Å². The van der Waals surface area contributed by atoms with Crippen LogP contribution in [-0.2, 0) is 20.2 Å². The number of hydrogen-bond acceptors (Lipinski definition) is 3. The summed E-state index contributed by atoms with van der Waals surface area (Å²) < 4.78 is 7.75. The normalized spacial score (nSPS) is 10.5. The van der Waals surface area contributed by atoms with E-state index in [1.807, 2.05) is 43.1 Å². The second-order valence-corrected chi connectivity index (χ2v) is 3.88. The Kier molecular flexibility index (Phi) is 3.77. The van der Waals surface area contributed by atoms with Gasteiger partial charge in [0.15, 0.2) is 0 Å². The molecule has 0 radical (unpaired) electrons. The van der Waals surface area contributed by atoms with Gasteiger partial charge in [-0.2, -0.15) is 0 Å². The molecule has 0 aliphatic carbocycles. The highest BCUT2D eigenvalue weighted by molar-refractivity contribution is 5.33. The van der Waals surface area contributed by atoms with Crippen molar-refractivity contribution in [2.45, 2.75) is 13.2 Å². The summed E-state index contributed by atoms with van der Waals surface area (Å²) in [6.45, 7) is 1.29. The minimum atomic E-state index is 0.490. The van der Waals surface area contributed by atoms with Crippen LogP contribution in [0.3, 0.4) is 0 Å². The van der Waals surface area contributed by atoms with Crippen molar-refractivity contribution in [1.82, 2.24) is 14.9 Å². The molecular formula is C13H17N3O. The van der Waals surface area contributed by atoms with Crippen molar-refractivity contribution >= 4 is 0 Å². The summed E-state index contributed by atoms with van der Waals surface area (Å²) in [5, 5.41) is 3.13. The van der Waals surface area contributed by atoms with E-state index in [0.717, 1.165) is 23.7 Å². The highest BCUT2D eigenvalue weighted by Crippen LogP contribution is 2.18. The first-order valence-electron chi connectivity index (χ1n) is 5.62. The molecule has 0 amide bonds. The summed E-state index contributed by atoms with van der Waals surface area (Å²) in [4.78, 5) is 4.23. The standard InChI is InChI=1S/C13H17N3O/c1-14-9-11-5-3-4-6-12(11)17-10-13-15-7-8-16(13)2/h3-8,14H,9-10H2,1-2H3. The molecule has 0 spiro atoms. The van der Waals surface area contributed by atoms with Crippen LogP contribution >= 0.6 is 0 Å². The van der Waals surface area contributed by atoms with Crippen LogP contribution in [0.5, 0.6) is 5.75 Å². The molecule has 0 unspecified atom stereocenters. The Bertz CT molecular complexity index is 479. The van der Waals surface area contributed by atoms with E-state index in [1.165, 1.54) is 0 Å². The number of rotatable bonds is 5. The second kappa shape index (κ2) is 5.50. The molecule has 0 fully saturated rings. The van der Waals surface area contributed by atoms with E-state index in [1.54, 1.807) is 6.20 Å². The van der Waals surface area contributed by atoms with E-state index in [0.29, 0.717) is 6.61 Å². The molecule has 0 saturated carbocycles. The molecule has 0 bridgehead atoms. The van der Waals surface area contributed by atoms with E-state index in [-0.39, 0.29) is 0 Å². The molecule has 2 rings (SSSR count). The third-order valence-corrected chi connectivity index (χ3v) is 2.62. The molecule has 90 valence electrons. The topological polar surface area (TPSA) is 39.1 Å². The van der Waals surface area contributed by atoms with Crippen LogP contribution in [0, 0.1) is 0 Å².